The molecule has 0 radical (unpaired) electrons. The number of hydrogen-bond acceptors (Lipinski definition) is 1. The molecule has 0 bridgehead atoms. The molecule has 1 heteroatoms. The maximum absolute atomic E-state index is 11.5. The SMILES string of the molecule is CCC(=O)C1CCCC=C1CC. The van der Waals surface area contributed by atoms with Crippen LogP contribution in [-0.2, 0) is 4.79 Å². The fourth-order valence-corrected chi connectivity index (χ4v) is 1.94. The number of carbonyl (C=O) groups is 1. The quantitative estimate of drug-likeness (QED) is 0.589. The van der Waals surface area contributed by atoms with Gasteiger partial charge in [-0.2, -0.15) is 0 Å². The molecule has 0 N–H and O–H groups in total. The van der Waals surface area contributed by atoms with E-state index in [0.717, 1.165) is 12.8 Å². The van der Waals surface area contributed by atoms with Gasteiger partial charge in [0.2, 0.25) is 0 Å². The predicted molar refractivity (Wildman–Crippen MR) is 51.0 cm³/mol. The molecular weight excluding hydrogens is 148 g/mol. The molecule has 0 heterocycles. The van der Waals surface area contributed by atoms with Crippen molar-refractivity contribution in [3.63, 3.8) is 0 Å². The Labute approximate surface area is 74.9 Å². The van der Waals surface area contributed by atoms with Crippen LogP contribution in [0.15, 0.2) is 11.6 Å². The minimum Gasteiger partial charge on any atom is -0.299 e. The second-order valence-electron chi connectivity index (χ2n) is 3.44. The van der Waals surface area contributed by atoms with E-state index < -0.39 is 0 Å². The Balaban J connectivity index is 2.67. The van der Waals surface area contributed by atoms with Crippen LogP contribution in [0.4, 0.5) is 0 Å². The van der Waals surface area contributed by atoms with Crippen molar-refractivity contribution in [2.24, 2.45) is 5.92 Å². The molecule has 0 aromatic rings. The lowest BCUT2D eigenvalue weighted by atomic mass is 9.82. The Morgan fingerprint density at radius 3 is 2.92 bits per heavy atom. The van der Waals surface area contributed by atoms with Crippen molar-refractivity contribution in [3.8, 4) is 0 Å². The van der Waals surface area contributed by atoms with Gasteiger partial charge in [-0.3, -0.25) is 4.79 Å². The van der Waals surface area contributed by atoms with Gasteiger partial charge in [-0.15, -0.1) is 0 Å². The van der Waals surface area contributed by atoms with Crippen LogP contribution in [0, 0.1) is 5.92 Å². The standard InChI is InChI=1S/C11H18O/c1-3-9-7-5-6-8-10(9)11(12)4-2/h7,10H,3-6,8H2,1-2H3. The minimum absolute atomic E-state index is 0.272. The van der Waals surface area contributed by atoms with Gasteiger partial charge in [0.25, 0.3) is 0 Å². The van der Waals surface area contributed by atoms with Crippen LogP contribution in [-0.4, -0.2) is 5.78 Å². The summed E-state index contributed by atoms with van der Waals surface area (Å²) in [6, 6.07) is 0. The van der Waals surface area contributed by atoms with E-state index in [0.29, 0.717) is 12.2 Å². The number of ketones is 1. The van der Waals surface area contributed by atoms with E-state index in [4.69, 9.17) is 0 Å². The molecule has 0 aromatic heterocycles. The van der Waals surface area contributed by atoms with Crippen LogP contribution < -0.4 is 0 Å². The van der Waals surface area contributed by atoms with Crippen molar-refractivity contribution >= 4 is 5.78 Å². The van der Waals surface area contributed by atoms with Crippen molar-refractivity contribution in [1.82, 2.24) is 0 Å². The zero-order chi connectivity index (χ0) is 8.97. The zero-order valence-corrected chi connectivity index (χ0v) is 8.10. The largest absolute Gasteiger partial charge is 0.299 e. The molecule has 0 saturated carbocycles. The van der Waals surface area contributed by atoms with Gasteiger partial charge in [0.15, 0.2) is 0 Å². The highest BCUT2D eigenvalue weighted by Crippen LogP contribution is 2.28. The second-order valence-corrected chi connectivity index (χ2v) is 3.44. The van der Waals surface area contributed by atoms with Gasteiger partial charge in [0.1, 0.15) is 5.78 Å². The molecule has 12 heavy (non-hydrogen) atoms. The Kier molecular flexibility index (Phi) is 3.51. The van der Waals surface area contributed by atoms with Crippen LogP contribution in [0.3, 0.4) is 0 Å². The maximum atomic E-state index is 11.5. The summed E-state index contributed by atoms with van der Waals surface area (Å²) in [6.45, 7) is 4.11. The number of Topliss-reactive ketones (excluding diaryl/α,β-unsaturated/α-hetero) is 1. The molecule has 1 aliphatic rings. The number of hydrogen-bond donors (Lipinski definition) is 0. The lowest BCUT2D eigenvalue weighted by molar-refractivity contribution is -0.121. The molecule has 1 atom stereocenters. The average molecular weight is 166 g/mol. The first-order chi connectivity index (χ1) is 5.79. The van der Waals surface area contributed by atoms with Gasteiger partial charge in [-0.05, 0) is 25.7 Å². The Hall–Kier alpha value is -0.590. The lowest BCUT2D eigenvalue weighted by Gasteiger charge is -2.21. The number of rotatable bonds is 3. The molecule has 0 aromatic carbocycles. The summed E-state index contributed by atoms with van der Waals surface area (Å²) in [6.07, 6.45) is 7.48. The number of carbonyl (C=O) groups excluding carboxylic acids is 1. The predicted octanol–water partition coefficient (Wildman–Crippen LogP) is 3.10. The second kappa shape index (κ2) is 4.44. The van der Waals surface area contributed by atoms with Crippen molar-refractivity contribution < 1.29 is 4.79 Å². The molecule has 1 aliphatic carbocycles. The Bertz CT molecular complexity index is 191. The lowest BCUT2D eigenvalue weighted by Crippen LogP contribution is -2.18. The first kappa shape index (κ1) is 9.50. The van der Waals surface area contributed by atoms with Crippen LogP contribution in [0.5, 0.6) is 0 Å². The normalized spacial score (nSPS) is 23.5. The maximum Gasteiger partial charge on any atom is 0.139 e. The minimum atomic E-state index is 0.272. The Morgan fingerprint density at radius 1 is 1.58 bits per heavy atom. The van der Waals surface area contributed by atoms with Gasteiger partial charge in [-0.25, -0.2) is 0 Å². The third-order valence-corrected chi connectivity index (χ3v) is 2.70. The molecule has 1 rings (SSSR count). The molecule has 68 valence electrons. The van der Waals surface area contributed by atoms with Gasteiger partial charge in [0.05, 0.1) is 0 Å². The molecule has 0 spiro atoms. The smallest absolute Gasteiger partial charge is 0.139 e. The van der Waals surface area contributed by atoms with Gasteiger partial charge < -0.3 is 0 Å². The van der Waals surface area contributed by atoms with E-state index in [1.165, 1.54) is 18.4 Å². The van der Waals surface area contributed by atoms with E-state index in [9.17, 15) is 4.79 Å². The van der Waals surface area contributed by atoms with Crippen LogP contribution in [0.2, 0.25) is 0 Å². The molecule has 0 fully saturated rings. The van der Waals surface area contributed by atoms with E-state index in [1.807, 2.05) is 6.92 Å². The third-order valence-electron chi connectivity index (χ3n) is 2.70. The summed E-state index contributed by atoms with van der Waals surface area (Å²) < 4.78 is 0. The van der Waals surface area contributed by atoms with Gasteiger partial charge >= 0.3 is 0 Å². The van der Waals surface area contributed by atoms with Crippen molar-refractivity contribution in [1.29, 1.82) is 0 Å². The van der Waals surface area contributed by atoms with E-state index in [-0.39, 0.29) is 5.92 Å². The van der Waals surface area contributed by atoms with Gasteiger partial charge in [0, 0.05) is 12.3 Å². The summed E-state index contributed by atoms with van der Waals surface area (Å²) in [5, 5.41) is 0. The Morgan fingerprint density at radius 2 is 2.33 bits per heavy atom. The van der Waals surface area contributed by atoms with Crippen LogP contribution in [0.25, 0.3) is 0 Å². The summed E-state index contributed by atoms with van der Waals surface area (Å²) in [7, 11) is 0. The third kappa shape index (κ3) is 1.96. The number of allylic oxidation sites excluding steroid dienone is 2. The van der Waals surface area contributed by atoms with Crippen molar-refractivity contribution in [2.45, 2.75) is 46.0 Å². The van der Waals surface area contributed by atoms with Crippen LogP contribution >= 0.6 is 0 Å². The molecule has 1 unspecified atom stereocenters. The summed E-state index contributed by atoms with van der Waals surface area (Å²) in [5.41, 5.74) is 1.38. The molecular formula is C11H18O. The highest BCUT2D eigenvalue weighted by atomic mass is 16.1. The van der Waals surface area contributed by atoms with Crippen molar-refractivity contribution in [2.75, 3.05) is 0 Å². The van der Waals surface area contributed by atoms with E-state index in [2.05, 4.69) is 13.0 Å². The average Bonchev–Trinajstić information content (AvgIpc) is 2.16. The van der Waals surface area contributed by atoms with E-state index in [1.54, 1.807) is 0 Å². The van der Waals surface area contributed by atoms with Crippen molar-refractivity contribution in [3.05, 3.63) is 11.6 Å². The highest BCUT2D eigenvalue weighted by molar-refractivity contribution is 5.83. The fraction of sp³-hybridized carbons (Fsp3) is 0.727. The van der Waals surface area contributed by atoms with Gasteiger partial charge in [-0.1, -0.05) is 25.5 Å². The summed E-state index contributed by atoms with van der Waals surface area (Å²) in [4.78, 5) is 11.5. The monoisotopic (exact) mass is 166 g/mol. The highest BCUT2D eigenvalue weighted by Gasteiger charge is 2.21. The van der Waals surface area contributed by atoms with E-state index >= 15 is 0 Å². The molecule has 0 amide bonds. The topological polar surface area (TPSA) is 17.1 Å². The zero-order valence-electron chi connectivity index (χ0n) is 8.10. The molecule has 0 aliphatic heterocycles. The first-order valence-corrected chi connectivity index (χ1v) is 5.01. The summed E-state index contributed by atoms with van der Waals surface area (Å²) >= 11 is 0. The van der Waals surface area contributed by atoms with Crippen LogP contribution in [0.1, 0.15) is 46.0 Å². The fourth-order valence-electron chi connectivity index (χ4n) is 1.94. The molecule has 0 saturated heterocycles. The summed E-state index contributed by atoms with van der Waals surface area (Å²) in [5.74, 6) is 0.705. The molecule has 1 nitrogen and oxygen atoms in total. The first-order valence-electron chi connectivity index (χ1n) is 5.01.